The van der Waals surface area contributed by atoms with Crippen molar-refractivity contribution in [2.24, 2.45) is 0 Å². The summed E-state index contributed by atoms with van der Waals surface area (Å²) in [6, 6.07) is 12.4. The van der Waals surface area contributed by atoms with Crippen molar-refractivity contribution >= 4 is 34.4 Å². The van der Waals surface area contributed by atoms with E-state index in [1.165, 1.54) is 18.2 Å². The van der Waals surface area contributed by atoms with Gasteiger partial charge in [0.15, 0.2) is 0 Å². The van der Waals surface area contributed by atoms with Crippen molar-refractivity contribution in [3.63, 3.8) is 0 Å². The number of nitrogens with one attached hydrogen (secondary N) is 1. The van der Waals surface area contributed by atoms with Crippen LogP contribution in [0, 0.1) is 0 Å². The predicted octanol–water partition coefficient (Wildman–Crippen LogP) is 3.43. The molecule has 7 nitrogen and oxygen atoms in total. The second-order valence-electron chi connectivity index (χ2n) is 6.15. The summed E-state index contributed by atoms with van der Waals surface area (Å²) in [5, 5.41) is 3.58. The van der Waals surface area contributed by atoms with Crippen LogP contribution in [0.1, 0.15) is 27.1 Å². The van der Waals surface area contributed by atoms with E-state index in [2.05, 4.69) is 5.32 Å². The number of amides is 1. The van der Waals surface area contributed by atoms with Crippen LogP contribution in [0.15, 0.2) is 57.7 Å². The van der Waals surface area contributed by atoms with Crippen LogP contribution in [-0.2, 0) is 4.74 Å². The van der Waals surface area contributed by atoms with Gasteiger partial charge in [0.25, 0.3) is 5.91 Å². The Bertz CT molecular complexity index is 1110. The molecule has 0 atom stereocenters. The van der Waals surface area contributed by atoms with Crippen molar-refractivity contribution in [3.05, 3.63) is 75.1 Å². The molecule has 8 heteroatoms. The lowest BCUT2D eigenvalue weighted by Crippen LogP contribution is -2.29. The van der Waals surface area contributed by atoms with Gasteiger partial charge in [-0.05, 0) is 42.8 Å². The lowest BCUT2D eigenvalue weighted by Gasteiger charge is -2.07. The molecular weight excluding hydrogens is 398 g/mol. The van der Waals surface area contributed by atoms with Crippen LogP contribution >= 0.6 is 11.6 Å². The number of hydrogen-bond donors (Lipinski definition) is 1. The minimum Gasteiger partial charge on any atom is -0.423 e. The summed E-state index contributed by atoms with van der Waals surface area (Å²) in [4.78, 5) is 36.6. The van der Waals surface area contributed by atoms with Crippen LogP contribution in [0.25, 0.3) is 11.0 Å². The topological polar surface area (TPSA) is 94.8 Å². The zero-order valence-electron chi connectivity index (χ0n) is 15.6. The Hall–Kier alpha value is -3.16. The number of ether oxygens (including phenoxy) is 2. The number of rotatable bonds is 7. The van der Waals surface area contributed by atoms with E-state index in [1.54, 1.807) is 37.4 Å². The average Bonchev–Trinajstić information content (AvgIpc) is 2.70. The maximum atomic E-state index is 12.2. The molecule has 29 heavy (non-hydrogen) atoms. The third-order valence-electron chi connectivity index (χ3n) is 4.03. The molecule has 0 fully saturated rings. The number of esters is 1. The summed E-state index contributed by atoms with van der Waals surface area (Å²) in [7, 11) is 1.57. The fraction of sp³-hybridized carbons (Fsp3) is 0.190. The van der Waals surface area contributed by atoms with Gasteiger partial charge in [0.1, 0.15) is 16.9 Å². The smallest absolute Gasteiger partial charge is 0.349 e. The summed E-state index contributed by atoms with van der Waals surface area (Å²) in [5.41, 5.74) is -0.388. The van der Waals surface area contributed by atoms with Gasteiger partial charge < -0.3 is 19.2 Å². The normalized spacial score (nSPS) is 10.7. The van der Waals surface area contributed by atoms with E-state index in [-0.39, 0.29) is 16.9 Å². The molecule has 150 valence electrons. The second kappa shape index (κ2) is 9.36. The average molecular weight is 416 g/mol. The summed E-state index contributed by atoms with van der Waals surface area (Å²) < 4.78 is 15.5. The number of carbonyl (C=O) groups excluding carboxylic acids is 2. The summed E-state index contributed by atoms with van der Waals surface area (Å²) in [5.74, 6) is -0.920. The Morgan fingerprint density at radius 1 is 1.14 bits per heavy atom. The summed E-state index contributed by atoms with van der Waals surface area (Å²) >= 11 is 5.88. The third kappa shape index (κ3) is 5.22. The van der Waals surface area contributed by atoms with Crippen molar-refractivity contribution in [1.29, 1.82) is 0 Å². The molecule has 0 saturated carbocycles. The van der Waals surface area contributed by atoms with Gasteiger partial charge in [0.2, 0.25) is 0 Å². The van der Waals surface area contributed by atoms with E-state index >= 15 is 0 Å². The Kier molecular flexibility index (Phi) is 6.64. The Morgan fingerprint density at radius 2 is 1.97 bits per heavy atom. The van der Waals surface area contributed by atoms with E-state index in [0.717, 1.165) is 0 Å². The number of halogens is 1. The molecule has 3 rings (SSSR count). The highest BCUT2D eigenvalue weighted by Crippen LogP contribution is 2.22. The van der Waals surface area contributed by atoms with Gasteiger partial charge in [-0.25, -0.2) is 9.59 Å². The summed E-state index contributed by atoms with van der Waals surface area (Å²) in [6.07, 6.45) is 0.627. The first-order valence-electron chi connectivity index (χ1n) is 8.81. The summed E-state index contributed by atoms with van der Waals surface area (Å²) in [6.45, 7) is 0.881. The van der Waals surface area contributed by atoms with Crippen molar-refractivity contribution in [2.45, 2.75) is 6.42 Å². The van der Waals surface area contributed by atoms with Gasteiger partial charge in [0.05, 0.1) is 5.56 Å². The molecule has 1 N–H and O–H groups in total. The minimum absolute atomic E-state index is 0.0985. The van der Waals surface area contributed by atoms with Gasteiger partial charge in [-0.3, -0.25) is 4.79 Å². The van der Waals surface area contributed by atoms with Gasteiger partial charge in [-0.2, -0.15) is 0 Å². The van der Waals surface area contributed by atoms with E-state index in [9.17, 15) is 14.4 Å². The molecule has 1 amide bonds. The van der Waals surface area contributed by atoms with Crippen molar-refractivity contribution in [3.8, 4) is 5.75 Å². The Balaban J connectivity index is 1.78. The number of fused-ring (bicyclic) bond motifs is 1. The van der Waals surface area contributed by atoms with Crippen LogP contribution < -0.4 is 15.7 Å². The van der Waals surface area contributed by atoms with Gasteiger partial charge in [0, 0.05) is 36.7 Å². The largest absolute Gasteiger partial charge is 0.423 e. The molecule has 0 radical (unpaired) electrons. The zero-order chi connectivity index (χ0) is 20.8. The van der Waals surface area contributed by atoms with Crippen LogP contribution in [0.5, 0.6) is 5.75 Å². The SMILES string of the molecule is COCCCNC(=O)c1cc2ccc(OC(=O)c3cccc(Cl)c3)cc2oc1=O. The molecular formula is C21H18ClNO6. The van der Waals surface area contributed by atoms with E-state index < -0.39 is 17.5 Å². The number of carbonyl (C=O) groups is 2. The quantitative estimate of drug-likeness (QED) is 0.275. The van der Waals surface area contributed by atoms with Crippen LogP contribution in [0.4, 0.5) is 0 Å². The van der Waals surface area contributed by atoms with Gasteiger partial charge in [-0.15, -0.1) is 0 Å². The lowest BCUT2D eigenvalue weighted by atomic mass is 10.1. The van der Waals surface area contributed by atoms with Crippen molar-refractivity contribution < 1.29 is 23.5 Å². The first kappa shape index (κ1) is 20.6. The van der Waals surface area contributed by atoms with E-state index in [4.69, 9.17) is 25.5 Å². The molecule has 0 spiro atoms. The molecule has 0 aliphatic rings. The van der Waals surface area contributed by atoms with E-state index in [1.807, 2.05) is 0 Å². The molecule has 2 aromatic carbocycles. The van der Waals surface area contributed by atoms with E-state index in [0.29, 0.717) is 35.5 Å². The molecule has 1 aromatic heterocycles. The molecule has 0 unspecified atom stereocenters. The first-order valence-corrected chi connectivity index (χ1v) is 9.18. The monoisotopic (exact) mass is 415 g/mol. The Morgan fingerprint density at radius 3 is 2.72 bits per heavy atom. The standard InChI is InChI=1S/C21H18ClNO6/c1-27-9-3-8-23-19(24)17-11-13-6-7-16(12-18(13)29-21(17)26)28-20(25)14-4-2-5-15(22)10-14/h2,4-7,10-12H,3,8-9H2,1H3,(H,23,24). The van der Waals surface area contributed by atoms with Crippen LogP contribution in [-0.4, -0.2) is 32.1 Å². The van der Waals surface area contributed by atoms with Gasteiger partial charge in [-0.1, -0.05) is 17.7 Å². The lowest BCUT2D eigenvalue weighted by molar-refractivity contribution is 0.0734. The predicted molar refractivity (Wildman–Crippen MR) is 108 cm³/mol. The van der Waals surface area contributed by atoms with Crippen molar-refractivity contribution in [1.82, 2.24) is 5.32 Å². The molecule has 0 bridgehead atoms. The zero-order valence-corrected chi connectivity index (χ0v) is 16.3. The molecule has 0 aliphatic carbocycles. The first-order chi connectivity index (χ1) is 14.0. The van der Waals surface area contributed by atoms with Crippen LogP contribution in [0.3, 0.4) is 0 Å². The highest BCUT2D eigenvalue weighted by Gasteiger charge is 2.15. The second-order valence-corrected chi connectivity index (χ2v) is 6.59. The molecule has 1 heterocycles. The van der Waals surface area contributed by atoms with Crippen molar-refractivity contribution in [2.75, 3.05) is 20.3 Å². The third-order valence-corrected chi connectivity index (χ3v) is 4.27. The fourth-order valence-electron chi connectivity index (χ4n) is 2.61. The Labute approximate surface area is 171 Å². The molecule has 0 aliphatic heterocycles. The molecule has 3 aromatic rings. The maximum Gasteiger partial charge on any atom is 0.349 e. The van der Waals surface area contributed by atoms with Gasteiger partial charge >= 0.3 is 11.6 Å². The fourth-order valence-corrected chi connectivity index (χ4v) is 2.80. The highest BCUT2D eigenvalue weighted by molar-refractivity contribution is 6.30. The number of hydrogen-bond acceptors (Lipinski definition) is 6. The van der Waals surface area contributed by atoms with Crippen LogP contribution in [0.2, 0.25) is 5.02 Å². The maximum absolute atomic E-state index is 12.2. The molecule has 0 saturated heterocycles. The number of methoxy groups -OCH3 is 1. The number of benzene rings is 2. The highest BCUT2D eigenvalue weighted by atomic mass is 35.5. The minimum atomic E-state index is -0.778.